The Morgan fingerprint density at radius 2 is 1.05 bits per heavy atom. The van der Waals surface area contributed by atoms with Crippen LogP contribution in [0.5, 0.6) is 0 Å². The highest BCUT2D eigenvalue weighted by molar-refractivity contribution is 6.09. The Bertz CT molecular complexity index is 1890. The van der Waals surface area contributed by atoms with Gasteiger partial charge in [0.2, 0.25) is 0 Å². The molecule has 0 unspecified atom stereocenters. The molecule has 0 spiro atoms. The van der Waals surface area contributed by atoms with Crippen LogP contribution in [0.1, 0.15) is 0 Å². The predicted octanol–water partition coefficient (Wildman–Crippen LogP) is 7.13. The van der Waals surface area contributed by atoms with Crippen LogP contribution in [0.2, 0.25) is 0 Å². The van der Waals surface area contributed by atoms with E-state index in [1.54, 1.807) is 24.3 Å². The molecule has 0 N–H and O–H groups in total. The summed E-state index contributed by atoms with van der Waals surface area (Å²) in [5.74, 6) is -0.115. The Labute approximate surface area is 209 Å². The third-order valence-corrected chi connectivity index (χ3v) is 6.48. The van der Waals surface area contributed by atoms with Crippen molar-refractivity contribution >= 4 is 33.0 Å². The zero-order valence-electron chi connectivity index (χ0n) is 19.3. The van der Waals surface area contributed by atoms with Gasteiger partial charge in [0.25, 0.3) is 0 Å². The topological polar surface area (TPSA) is 56.5 Å². The van der Waals surface area contributed by atoms with E-state index < -0.39 is 0 Å². The van der Waals surface area contributed by atoms with Gasteiger partial charge in [-0.05, 0) is 60.7 Å². The molecule has 0 aliphatic rings. The van der Waals surface area contributed by atoms with E-state index in [0.29, 0.717) is 39.5 Å². The molecule has 176 valence electrons. The van der Waals surface area contributed by atoms with Crippen molar-refractivity contribution in [3.05, 3.63) is 115 Å². The molecule has 3 heterocycles. The molecule has 7 heteroatoms. The van der Waals surface area contributed by atoms with Gasteiger partial charge in [0.05, 0.1) is 22.4 Å². The SMILES string of the molecule is Fc1ccc(-c2nc3ncnc(-n4c5ccccc5c5ccccc54)c3nc2-c2ccc(F)cc2)cc1. The molecule has 7 rings (SSSR count). The van der Waals surface area contributed by atoms with Crippen LogP contribution in [0.3, 0.4) is 0 Å². The summed E-state index contributed by atoms with van der Waals surface area (Å²) in [5.41, 5.74) is 5.25. The fraction of sp³-hybridized carbons (Fsp3) is 0. The van der Waals surface area contributed by atoms with Crippen LogP contribution in [-0.4, -0.2) is 24.5 Å². The Kier molecular flexibility index (Phi) is 4.75. The zero-order chi connectivity index (χ0) is 24.9. The maximum atomic E-state index is 13.8. The van der Waals surface area contributed by atoms with E-state index in [1.165, 1.54) is 30.6 Å². The average Bonchev–Trinajstić information content (AvgIpc) is 3.27. The summed E-state index contributed by atoms with van der Waals surface area (Å²) >= 11 is 0. The molecule has 0 atom stereocenters. The Morgan fingerprint density at radius 1 is 0.541 bits per heavy atom. The van der Waals surface area contributed by atoms with Crippen LogP contribution in [0.4, 0.5) is 8.78 Å². The molecule has 0 saturated carbocycles. The van der Waals surface area contributed by atoms with E-state index in [9.17, 15) is 8.78 Å². The van der Waals surface area contributed by atoms with Crippen LogP contribution in [0.15, 0.2) is 103 Å². The molecule has 0 aliphatic carbocycles. The fourth-order valence-electron chi connectivity index (χ4n) is 4.80. The number of halogens is 2. The normalized spacial score (nSPS) is 11.5. The predicted molar refractivity (Wildman–Crippen MR) is 140 cm³/mol. The van der Waals surface area contributed by atoms with Crippen molar-refractivity contribution in [2.75, 3.05) is 0 Å². The highest BCUT2D eigenvalue weighted by atomic mass is 19.1. The number of para-hydroxylation sites is 2. The number of benzene rings is 4. The molecule has 4 aromatic carbocycles. The number of rotatable bonds is 3. The lowest BCUT2D eigenvalue weighted by Gasteiger charge is -2.13. The fourth-order valence-corrected chi connectivity index (χ4v) is 4.80. The summed E-state index contributed by atoms with van der Waals surface area (Å²) in [6.07, 6.45) is 1.47. The molecule has 0 bridgehead atoms. The van der Waals surface area contributed by atoms with Gasteiger partial charge in [-0.15, -0.1) is 0 Å². The van der Waals surface area contributed by atoms with E-state index in [2.05, 4.69) is 26.7 Å². The van der Waals surface area contributed by atoms with Gasteiger partial charge in [0.15, 0.2) is 17.0 Å². The minimum atomic E-state index is -0.352. The van der Waals surface area contributed by atoms with Crippen molar-refractivity contribution in [2.45, 2.75) is 0 Å². The standard InChI is InChI=1S/C30H17F2N5/c31-20-13-9-18(10-14-20)26-27(19-11-15-21(32)16-12-19)36-29-28(35-26)30(34-17-33-29)37-24-7-3-1-5-22(24)23-6-2-4-8-25(23)37/h1-17H. The van der Waals surface area contributed by atoms with Crippen LogP contribution in [0, 0.1) is 11.6 Å². The maximum Gasteiger partial charge on any atom is 0.184 e. The summed E-state index contributed by atoms with van der Waals surface area (Å²) in [5, 5.41) is 2.19. The van der Waals surface area contributed by atoms with E-state index in [-0.39, 0.29) is 11.6 Å². The molecule has 3 aromatic heterocycles. The summed E-state index contributed by atoms with van der Waals surface area (Å²) in [4.78, 5) is 19.0. The van der Waals surface area contributed by atoms with Gasteiger partial charge in [-0.3, -0.25) is 4.57 Å². The average molecular weight is 485 g/mol. The lowest BCUT2D eigenvalue weighted by atomic mass is 10.0. The van der Waals surface area contributed by atoms with E-state index in [4.69, 9.17) is 9.97 Å². The first-order valence-corrected chi connectivity index (χ1v) is 11.7. The van der Waals surface area contributed by atoms with Crippen LogP contribution in [-0.2, 0) is 0 Å². The molecular formula is C30H17F2N5. The molecule has 0 fully saturated rings. The van der Waals surface area contributed by atoms with Crippen molar-refractivity contribution in [1.29, 1.82) is 0 Å². The quantitative estimate of drug-likeness (QED) is 0.267. The lowest BCUT2D eigenvalue weighted by Crippen LogP contribution is -2.04. The van der Waals surface area contributed by atoms with Gasteiger partial charge in [-0.25, -0.2) is 28.7 Å². The van der Waals surface area contributed by atoms with Gasteiger partial charge in [0, 0.05) is 21.9 Å². The molecule has 7 aromatic rings. The van der Waals surface area contributed by atoms with E-state index in [1.807, 2.05) is 36.4 Å². The number of aromatic nitrogens is 5. The molecule has 0 amide bonds. The maximum absolute atomic E-state index is 13.8. The summed E-state index contributed by atoms with van der Waals surface area (Å²) in [6.45, 7) is 0. The highest BCUT2D eigenvalue weighted by Gasteiger charge is 2.20. The second kappa shape index (κ2) is 8.27. The zero-order valence-corrected chi connectivity index (χ0v) is 19.3. The molecular weight excluding hydrogens is 468 g/mol. The van der Waals surface area contributed by atoms with Gasteiger partial charge < -0.3 is 0 Å². The second-order valence-electron chi connectivity index (χ2n) is 8.67. The number of fused-ring (bicyclic) bond motifs is 4. The van der Waals surface area contributed by atoms with E-state index >= 15 is 0 Å². The van der Waals surface area contributed by atoms with E-state index in [0.717, 1.165) is 21.8 Å². The monoisotopic (exact) mass is 485 g/mol. The third kappa shape index (κ3) is 3.43. The van der Waals surface area contributed by atoms with Crippen molar-refractivity contribution in [3.8, 4) is 28.3 Å². The molecule has 37 heavy (non-hydrogen) atoms. The molecule has 5 nitrogen and oxygen atoms in total. The summed E-state index contributed by atoms with van der Waals surface area (Å²) in [6, 6.07) is 28.4. The minimum Gasteiger partial charge on any atom is -0.292 e. The Hall–Kier alpha value is -5.04. The smallest absolute Gasteiger partial charge is 0.184 e. The first-order valence-electron chi connectivity index (χ1n) is 11.7. The highest BCUT2D eigenvalue weighted by Crippen LogP contribution is 2.35. The lowest BCUT2D eigenvalue weighted by molar-refractivity contribution is 0.627. The van der Waals surface area contributed by atoms with Gasteiger partial charge in [-0.1, -0.05) is 36.4 Å². The summed E-state index contributed by atoms with van der Waals surface area (Å²) < 4.78 is 29.5. The third-order valence-electron chi connectivity index (χ3n) is 6.48. The first kappa shape index (κ1) is 21.3. The van der Waals surface area contributed by atoms with Gasteiger partial charge in [-0.2, -0.15) is 0 Å². The second-order valence-corrected chi connectivity index (χ2v) is 8.67. The summed E-state index contributed by atoms with van der Waals surface area (Å²) in [7, 11) is 0. The first-order chi connectivity index (χ1) is 18.2. The minimum absolute atomic E-state index is 0.350. The Morgan fingerprint density at radius 3 is 1.62 bits per heavy atom. The number of nitrogens with zero attached hydrogens (tertiary/aromatic N) is 5. The van der Waals surface area contributed by atoms with Crippen molar-refractivity contribution in [3.63, 3.8) is 0 Å². The molecule has 0 aliphatic heterocycles. The van der Waals surface area contributed by atoms with Crippen molar-refractivity contribution in [2.24, 2.45) is 0 Å². The largest absolute Gasteiger partial charge is 0.292 e. The van der Waals surface area contributed by atoms with Crippen molar-refractivity contribution < 1.29 is 8.78 Å². The van der Waals surface area contributed by atoms with Crippen LogP contribution >= 0.6 is 0 Å². The number of hydrogen-bond donors (Lipinski definition) is 0. The molecule has 0 radical (unpaired) electrons. The Balaban J connectivity index is 1.57. The van der Waals surface area contributed by atoms with Crippen molar-refractivity contribution in [1.82, 2.24) is 24.5 Å². The molecule has 0 saturated heterocycles. The van der Waals surface area contributed by atoms with Gasteiger partial charge in [0.1, 0.15) is 18.0 Å². The van der Waals surface area contributed by atoms with Gasteiger partial charge >= 0.3 is 0 Å². The van der Waals surface area contributed by atoms with Crippen LogP contribution in [0.25, 0.3) is 61.3 Å². The van der Waals surface area contributed by atoms with Crippen LogP contribution < -0.4 is 0 Å². The number of hydrogen-bond acceptors (Lipinski definition) is 4.